The molecule has 0 amide bonds. The summed E-state index contributed by atoms with van der Waals surface area (Å²) in [5, 5.41) is 3.72. The third-order valence-corrected chi connectivity index (χ3v) is 5.58. The number of carbonyl (C=O) groups is 1. The van der Waals surface area contributed by atoms with Gasteiger partial charge in [-0.15, -0.1) is 12.3 Å². The maximum absolute atomic E-state index is 13.7. The first-order valence-corrected chi connectivity index (χ1v) is 10.7. The standard InChI is InChI=1S/C25H22F3N5O/c1-4-6-10-32-15-19(23(31-32)25(26,27)28)21-14-30-24-20(29-9-11-33(21)24)13-17-7-8-18(16(3)12-17)22(34)5-2/h1,7-9,11-12,14-15H,5-6,10,13H2,2-3H3. The quantitative estimate of drug-likeness (QED) is 0.281. The predicted molar refractivity (Wildman–Crippen MR) is 121 cm³/mol. The Bertz CT molecular complexity index is 1410. The number of benzene rings is 1. The van der Waals surface area contributed by atoms with Crippen molar-refractivity contribution < 1.29 is 18.0 Å². The highest BCUT2D eigenvalue weighted by Gasteiger charge is 2.38. The molecule has 3 aromatic heterocycles. The van der Waals surface area contributed by atoms with Crippen molar-refractivity contribution in [3.63, 3.8) is 0 Å². The first-order valence-electron chi connectivity index (χ1n) is 10.7. The predicted octanol–water partition coefficient (Wildman–Crippen LogP) is 5.13. The molecule has 9 heteroatoms. The van der Waals surface area contributed by atoms with E-state index in [4.69, 9.17) is 6.42 Å². The lowest BCUT2D eigenvalue weighted by molar-refractivity contribution is -0.141. The lowest BCUT2D eigenvalue weighted by Gasteiger charge is -2.09. The van der Waals surface area contributed by atoms with Crippen LogP contribution in [0.5, 0.6) is 0 Å². The number of fused-ring (bicyclic) bond motifs is 1. The van der Waals surface area contributed by atoms with Crippen LogP contribution < -0.4 is 0 Å². The summed E-state index contributed by atoms with van der Waals surface area (Å²) in [7, 11) is 0. The molecule has 0 atom stereocenters. The smallest absolute Gasteiger partial charge is 0.296 e. The van der Waals surface area contributed by atoms with Gasteiger partial charge in [0.1, 0.15) is 0 Å². The lowest BCUT2D eigenvalue weighted by atomic mass is 9.98. The third kappa shape index (κ3) is 4.44. The van der Waals surface area contributed by atoms with E-state index in [-0.39, 0.29) is 30.0 Å². The van der Waals surface area contributed by atoms with Crippen LogP contribution in [0.25, 0.3) is 16.9 Å². The average molecular weight is 465 g/mol. The monoisotopic (exact) mass is 465 g/mol. The molecular weight excluding hydrogens is 443 g/mol. The molecule has 0 bridgehead atoms. The summed E-state index contributed by atoms with van der Waals surface area (Å²) in [5.41, 5.74) is 2.73. The Kier molecular flexibility index (Phi) is 6.24. The number of carbonyl (C=O) groups excluding carboxylic acids is 1. The molecule has 0 saturated carbocycles. The number of aromatic nitrogens is 5. The van der Waals surface area contributed by atoms with Crippen molar-refractivity contribution in [1.29, 1.82) is 0 Å². The number of hydrogen-bond acceptors (Lipinski definition) is 4. The Balaban J connectivity index is 1.74. The second kappa shape index (κ2) is 9.14. The summed E-state index contributed by atoms with van der Waals surface area (Å²) < 4.78 is 43.9. The number of nitrogens with zero attached hydrogens (tertiary/aromatic N) is 5. The van der Waals surface area contributed by atoms with E-state index in [0.717, 1.165) is 11.1 Å². The Morgan fingerprint density at radius 3 is 2.71 bits per heavy atom. The molecule has 0 aliphatic heterocycles. The molecule has 0 unspecified atom stereocenters. The van der Waals surface area contributed by atoms with Gasteiger partial charge in [-0.1, -0.05) is 25.1 Å². The highest BCUT2D eigenvalue weighted by Crippen LogP contribution is 2.36. The second-order valence-electron chi connectivity index (χ2n) is 7.92. The zero-order valence-corrected chi connectivity index (χ0v) is 18.7. The fourth-order valence-corrected chi connectivity index (χ4v) is 3.94. The highest BCUT2D eigenvalue weighted by molar-refractivity contribution is 5.97. The van der Waals surface area contributed by atoms with Gasteiger partial charge in [-0.25, -0.2) is 4.98 Å². The number of hydrogen-bond donors (Lipinski definition) is 0. The van der Waals surface area contributed by atoms with Gasteiger partial charge in [0, 0.05) is 43.4 Å². The molecule has 34 heavy (non-hydrogen) atoms. The van der Waals surface area contributed by atoms with E-state index in [0.29, 0.717) is 29.7 Å². The van der Waals surface area contributed by atoms with E-state index < -0.39 is 11.9 Å². The number of Topliss-reactive ketones (excluding diaryl/α,β-unsaturated/α-hetero) is 1. The molecule has 3 heterocycles. The number of alkyl halides is 3. The minimum absolute atomic E-state index is 0.0745. The summed E-state index contributed by atoms with van der Waals surface area (Å²) in [5.74, 6) is 2.48. The van der Waals surface area contributed by atoms with Crippen molar-refractivity contribution in [2.45, 2.75) is 45.8 Å². The zero-order valence-electron chi connectivity index (χ0n) is 18.7. The van der Waals surface area contributed by atoms with Crippen molar-refractivity contribution >= 4 is 11.4 Å². The molecule has 174 valence electrons. The van der Waals surface area contributed by atoms with Crippen LogP contribution in [0.3, 0.4) is 0 Å². The maximum Gasteiger partial charge on any atom is 0.435 e. The van der Waals surface area contributed by atoms with Crippen molar-refractivity contribution in [2.75, 3.05) is 0 Å². The van der Waals surface area contributed by atoms with Gasteiger partial charge in [0.25, 0.3) is 0 Å². The van der Waals surface area contributed by atoms with Crippen molar-refractivity contribution in [3.05, 3.63) is 71.1 Å². The molecule has 4 rings (SSSR count). The van der Waals surface area contributed by atoms with Gasteiger partial charge in [-0.2, -0.15) is 18.3 Å². The number of halogens is 3. The average Bonchev–Trinajstić information content (AvgIpc) is 3.42. The van der Waals surface area contributed by atoms with E-state index in [2.05, 4.69) is 21.0 Å². The molecule has 1 aromatic carbocycles. The Morgan fingerprint density at radius 2 is 2.03 bits per heavy atom. The van der Waals surface area contributed by atoms with Crippen LogP contribution in [0.15, 0.2) is 43.0 Å². The van der Waals surface area contributed by atoms with Crippen LogP contribution in [0.1, 0.15) is 52.6 Å². The topological polar surface area (TPSA) is 65.1 Å². The van der Waals surface area contributed by atoms with Crippen molar-refractivity contribution in [2.24, 2.45) is 0 Å². The highest BCUT2D eigenvalue weighted by atomic mass is 19.4. The number of ketones is 1. The number of rotatable bonds is 7. The van der Waals surface area contributed by atoms with Gasteiger partial charge in [-0.05, 0) is 18.1 Å². The fraction of sp³-hybridized carbons (Fsp3) is 0.280. The van der Waals surface area contributed by atoms with Crippen molar-refractivity contribution in [1.82, 2.24) is 24.1 Å². The van der Waals surface area contributed by atoms with E-state index in [1.165, 1.54) is 23.3 Å². The van der Waals surface area contributed by atoms with Gasteiger partial charge < -0.3 is 0 Å². The third-order valence-electron chi connectivity index (χ3n) is 5.58. The van der Waals surface area contributed by atoms with Crippen LogP contribution in [-0.4, -0.2) is 29.9 Å². The molecule has 6 nitrogen and oxygen atoms in total. The molecule has 0 aliphatic rings. The van der Waals surface area contributed by atoms with Gasteiger partial charge in [0.05, 0.1) is 29.7 Å². The van der Waals surface area contributed by atoms with Gasteiger partial charge in [0.15, 0.2) is 17.1 Å². The summed E-state index contributed by atoms with van der Waals surface area (Å²) in [6.45, 7) is 3.88. The van der Waals surface area contributed by atoms with E-state index in [9.17, 15) is 18.0 Å². The van der Waals surface area contributed by atoms with Crippen LogP contribution in [0.4, 0.5) is 13.2 Å². The van der Waals surface area contributed by atoms with Crippen molar-refractivity contribution in [3.8, 4) is 23.6 Å². The number of imidazole rings is 1. The lowest BCUT2D eigenvalue weighted by Crippen LogP contribution is -2.09. The van der Waals surface area contributed by atoms with Gasteiger partial charge in [0.2, 0.25) is 0 Å². The molecule has 0 aliphatic carbocycles. The molecule has 0 spiro atoms. The van der Waals surface area contributed by atoms with Crippen LogP contribution >= 0.6 is 0 Å². The molecule has 4 aromatic rings. The summed E-state index contributed by atoms with van der Waals surface area (Å²) >= 11 is 0. The largest absolute Gasteiger partial charge is 0.435 e. The molecular formula is C25H22F3N5O. The van der Waals surface area contributed by atoms with E-state index in [1.807, 2.05) is 26.0 Å². The normalized spacial score (nSPS) is 11.6. The second-order valence-corrected chi connectivity index (χ2v) is 7.92. The zero-order chi connectivity index (χ0) is 24.5. The fourth-order valence-electron chi connectivity index (χ4n) is 3.94. The Labute approximate surface area is 194 Å². The summed E-state index contributed by atoms with van der Waals surface area (Å²) in [4.78, 5) is 20.8. The number of aryl methyl sites for hydroxylation is 2. The molecule has 0 N–H and O–H groups in total. The first-order chi connectivity index (χ1) is 16.2. The van der Waals surface area contributed by atoms with Gasteiger partial charge in [-0.3, -0.25) is 18.9 Å². The van der Waals surface area contributed by atoms with Gasteiger partial charge >= 0.3 is 6.18 Å². The summed E-state index contributed by atoms with van der Waals surface area (Å²) in [6.07, 6.45) is 7.57. The molecule has 0 saturated heterocycles. The van der Waals surface area contributed by atoms with Crippen LogP contribution in [0, 0.1) is 19.3 Å². The molecule has 0 radical (unpaired) electrons. The molecule has 0 fully saturated rings. The van der Waals surface area contributed by atoms with Crippen LogP contribution in [-0.2, 0) is 19.1 Å². The van der Waals surface area contributed by atoms with E-state index in [1.54, 1.807) is 16.7 Å². The first kappa shape index (κ1) is 23.2. The van der Waals surface area contributed by atoms with E-state index >= 15 is 0 Å². The number of terminal acetylenes is 1. The minimum atomic E-state index is -4.63. The Hall–Kier alpha value is -3.93. The Morgan fingerprint density at radius 1 is 1.24 bits per heavy atom. The van der Waals surface area contributed by atoms with Crippen LogP contribution in [0.2, 0.25) is 0 Å². The maximum atomic E-state index is 13.7. The summed E-state index contributed by atoms with van der Waals surface area (Å²) in [6, 6.07) is 5.59. The minimum Gasteiger partial charge on any atom is -0.296 e. The SMILES string of the molecule is C#CCCn1cc(-c2cnc3c(Cc4ccc(C(=O)CC)c(C)c4)nccn23)c(C(F)(F)F)n1.